The molecule has 9 heteroatoms. The molecule has 4 bridgehead atoms. The van der Waals surface area contributed by atoms with Crippen molar-refractivity contribution in [1.29, 1.82) is 0 Å². The first-order valence-electron chi connectivity index (χ1n) is 21.7. The van der Waals surface area contributed by atoms with Gasteiger partial charge in [0.2, 0.25) is 0 Å². The van der Waals surface area contributed by atoms with E-state index in [1.165, 1.54) is 19.3 Å². The molecule has 9 nitrogen and oxygen atoms in total. The molecule has 9 N–H and O–H groups in total. The number of quaternary nitrogens is 1. The Bertz CT molecular complexity index is 1500. The molecule has 17 atom stereocenters. The van der Waals surface area contributed by atoms with E-state index in [4.69, 9.17) is 10.5 Å². The van der Waals surface area contributed by atoms with E-state index in [1.54, 1.807) is 13.0 Å². The molecule has 53 heavy (non-hydrogen) atoms. The number of rotatable bonds is 8. The summed E-state index contributed by atoms with van der Waals surface area (Å²) in [5.41, 5.74) is 1.59. The third kappa shape index (κ3) is 5.73. The quantitative estimate of drug-likeness (QED) is 0.186. The lowest BCUT2D eigenvalue weighted by Crippen LogP contribution is -2.95. The van der Waals surface area contributed by atoms with E-state index in [2.05, 4.69) is 31.0 Å². The molecule has 9 rings (SSSR count). The fourth-order valence-corrected chi connectivity index (χ4v) is 14.7. The van der Waals surface area contributed by atoms with Crippen LogP contribution in [0.3, 0.4) is 0 Å². The van der Waals surface area contributed by atoms with Crippen LogP contribution in [-0.4, -0.2) is 85.7 Å². The minimum Gasteiger partial charge on any atom is -0.390 e. The van der Waals surface area contributed by atoms with Gasteiger partial charge in [-0.2, -0.15) is 0 Å². The summed E-state index contributed by atoms with van der Waals surface area (Å²) < 4.78 is 6.74. The second-order valence-corrected chi connectivity index (χ2v) is 19.9. The number of hydrogen-bond acceptors (Lipinski definition) is 8. The largest absolute Gasteiger partial charge is 0.390 e. The number of ketones is 1. The van der Waals surface area contributed by atoms with E-state index < -0.39 is 57.8 Å². The first kappa shape index (κ1) is 38.5. The number of aliphatic hydroxyl groups excluding tert-OH is 3. The fraction of sp³-hybridized carbons (Fsp3) is 0.886. The number of nitrogens with two attached hydrogens (primary N) is 2. The van der Waals surface area contributed by atoms with Gasteiger partial charge in [0.25, 0.3) is 0 Å². The minimum atomic E-state index is -1.56. The zero-order chi connectivity index (χ0) is 37.6. The van der Waals surface area contributed by atoms with Crippen LogP contribution in [0, 0.1) is 63.6 Å². The third-order valence-electron chi connectivity index (χ3n) is 17.7. The lowest BCUT2D eigenvalue weighted by atomic mass is 9.38. The Kier molecular flexibility index (Phi) is 10.1. The lowest BCUT2D eigenvalue weighted by molar-refractivity contribution is -0.703. The molecule has 2 unspecified atom stereocenters. The number of hydrogen-bond donors (Lipinski definition) is 7. The van der Waals surface area contributed by atoms with Crippen LogP contribution in [0.5, 0.6) is 0 Å². The molecule has 0 amide bonds. The molecule has 296 valence electrons. The number of fused-ring (bicyclic) bond motifs is 5. The summed E-state index contributed by atoms with van der Waals surface area (Å²) >= 11 is 0. The smallest absolute Gasteiger partial charge is 0.163 e. The van der Waals surface area contributed by atoms with Crippen molar-refractivity contribution in [3.8, 4) is 11.8 Å². The van der Waals surface area contributed by atoms with Crippen molar-refractivity contribution in [2.24, 2.45) is 57.5 Å². The van der Waals surface area contributed by atoms with Crippen molar-refractivity contribution in [2.75, 3.05) is 6.54 Å². The summed E-state index contributed by atoms with van der Waals surface area (Å²) in [5.74, 6) is 7.87. The Labute approximate surface area is 317 Å². The first-order valence-corrected chi connectivity index (χ1v) is 21.7. The SMILES string of the molecule is CCC[C@H]1CC[C@@H]2[C@H](C)[C@H]([C@@H](O)[C@](C)(O)[C@@H]3CC[C@]4(O)C5=CC(=O)[C@]67CC#CC[C@]34CC[C@H]5[C@@]6(CCC3CCC(N)[NH2+]C3)C[C@H](O)[C@H](O)C7)O[C@@H]2CC1. The lowest BCUT2D eigenvalue weighted by Gasteiger charge is -2.66. The zero-order valence-corrected chi connectivity index (χ0v) is 32.6. The van der Waals surface area contributed by atoms with Gasteiger partial charge in [-0.15, -0.1) is 11.8 Å². The average Bonchev–Trinajstić information content (AvgIpc) is 3.53. The van der Waals surface area contributed by atoms with Gasteiger partial charge >= 0.3 is 0 Å². The Hall–Kier alpha value is -1.35. The van der Waals surface area contributed by atoms with Gasteiger partial charge in [0, 0.05) is 30.6 Å². The van der Waals surface area contributed by atoms with Gasteiger partial charge in [-0.3, -0.25) is 10.5 Å². The highest BCUT2D eigenvalue weighted by Crippen LogP contribution is 2.73. The zero-order valence-electron chi connectivity index (χ0n) is 32.6. The van der Waals surface area contributed by atoms with Gasteiger partial charge in [0.15, 0.2) is 5.78 Å². The molecule has 2 saturated heterocycles. The van der Waals surface area contributed by atoms with E-state index in [1.807, 2.05) is 0 Å². The normalized spacial score (nSPS) is 50.8. The molecule has 0 aromatic rings. The van der Waals surface area contributed by atoms with Crippen molar-refractivity contribution < 1.29 is 40.4 Å². The molecule has 7 aliphatic carbocycles. The summed E-state index contributed by atoms with van der Waals surface area (Å²) in [7, 11) is 0. The fourth-order valence-electron chi connectivity index (χ4n) is 14.7. The second kappa shape index (κ2) is 13.9. The Morgan fingerprint density at radius 1 is 1.00 bits per heavy atom. The summed E-state index contributed by atoms with van der Waals surface area (Å²) in [4.78, 5) is 14.8. The van der Waals surface area contributed by atoms with Gasteiger partial charge in [-0.25, -0.2) is 0 Å². The predicted molar refractivity (Wildman–Crippen MR) is 201 cm³/mol. The molecule has 6 fully saturated rings. The van der Waals surface area contributed by atoms with Crippen LogP contribution in [0.4, 0.5) is 0 Å². The van der Waals surface area contributed by atoms with Gasteiger partial charge < -0.3 is 35.6 Å². The molecular formula is C44H69N2O7+. The van der Waals surface area contributed by atoms with E-state index in [0.717, 1.165) is 63.0 Å². The van der Waals surface area contributed by atoms with Gasteiger partial charge in [0.05, 0.1) is 47.6 Å². The molecule has 2 aliphatic heterocycles. The number of carbonyl (C=O) groups excluding carboxylic acids is 1. The third-order valence-corrected chi connectivity index (χ3v) is 17.7. The van der Waals surface area contributed by atoms with Crippen molar-refractivity contribution in [3.63, 3.8) is 0 Å². The van der Waals surface area contributed by atoms with E-state index in [9.17, 15) is 30.3 Å². The maximum absolute atomic E-state index is 14.8. The number of ether oxygens (including phenoxy) is 1. The standard InChI is InChI=1S/C44H68N2O7/c1-4-7-27-8-11-29-26(2)38(53-34(29)12-9-27)39(50)40(3,51)35-16-21-44(52)31-22-36(49)43-18-6-5-17-41(35,44)20-15-30(31)42(43,23-32(47)33(48)24-43)19-14-28-10-13-37(45)46-25-28/h22,26-30,32-35,37-39,46-48,50-52H,4,7-21,23-25,45H2,1-3H3/p+1/t26-,27-,28?,29+,30+,32-,33+,34+,35-,37?,38+,39+,40+,41-,42+,43+,44-/m0/s1. The summed E-state index contributed by atoms with van der Waals surface area (Å²) in [5, 5.41) is 63.2. The minimum absolute atomic E-state index is 0.0736. The molecule has 0 aromatic heterocycles. The highest BCUT2D eigenvalue weighted by Gasteiger charge is 2.74. The number of carbonyl (C=O) groups is 1. The average molecular weight is 738 g/mol. The second-order valence-electron chi connectivity index (χ2n) is 19.9. The molecule has 0 radical (unpaired) electrons. The Morgan fingerprint density at radius 2 is 1.74 bits per heavy atom. The number of piperidine rings is 1. The van der Waals surface area contributed by atoms with Crippen molar-refractivity contribution in [2.45, 2.75) is 184 Å². The summed E-state index contributed by atoms with van der Waals surface area (Å²) in [6.07, 6.45) is 12.2. The molecule has 2 spiro atoms. The molecule has 9 aliphatic rings. The van der Waals surface area contributed by atoms with E-state index in [0.29, 0.717) is 56.8 Å². The maximum Gasteiger partial charge on any atom is 0.163 e. The Morgan fingerprint density at radius 3 is 2.49 bits per heavy atom. The van der Waals surface area contributed by atoms with Crippen molar-refractivity contribution in [3.05, 3.63) is 11.6 Å². The maximum atomic E-state index is 14.8. The van der Waals surface area contributed by atoms with Crippen molar-refractivity contribution >= 4 is 5.78 Å². The highest BCUT2D eigenvalue weighted by atomic mass is 16.5. The van der Waals surface area contributed by atoms with Gasteiger partial charge in [0.1, 0.15) is 12.3 Å². The van der Waals surface area contributed by atoms with Gasteiger partial charge in [-0.1, -0.05) is 33.1 Å². The predicted octanol–water partition coefficient (Wildman–Crippen LogP) is 3.48. The van der Waals surface area contributed by atoms with Crippen LogP contribution in [0.2, 0.25) is 0 Å². The van der Waals surface area contributed by atoms with Crippen molar-refractivity contribution in [1.82, 2.24) is 0 Å². The molecule has 0 aromatic carbocycles. The molecule has 4 saturated carbocycles. The van der Waals surface area contributed by atoms with E-state index >= 15 is 0 Å². The summed E-state index contributed by atoms with van der Waals surface area (Å²) in [6, 6.07) is 0. The van der Waals surface area contributed by atoms with Crippen LogP contribution in [0.1, 0.15) is 136 Å². The number of allylic oxidation sites excluding steroid dienone is 1. The Balaban J connectivity index is 1.12. The van der Waals surface area contributed by atoms with Crippen LogP contribution in [0.25, 0.3) is 0 Å². The molecule has 2 heterocycles. The van der Waals surface area contributed by atoms with Crippen LogP contribution >= 0.6 is 0 Å². The summed E-state index contributed by atoms with van der Waals surface area (Å²) in [6.45, 7) is 7.15. The highest BCUT2D eigenvalue weighted by molar-refractivity contribution is 5.98. The number of aliphatic hydroxyl groups is 5. The van der Waals surface area contributed by atoms with E-state index in [-0.39, 0.29) is 36.3 Å². The van der Waals surface area contributed by atoms with Crippen LogP contribution in [-0.2, 0) is 9.53 Å². The van der Waals surface area contributed by atoms with Crippen LogP contribution in [0.15, 0.2) is 11.6 Å². The monoisotopic (exact) mass is 738 g/mol. The van der Waals surface area contributed by atoms with Gasteiger partial charge in [-0.05, 0) is 131 Å². The molecular weight excluding hydrogens is 668 g/mol. The first-order chi connectivity index (χ1) is 25.2. The topological polar surface area (TPSA) is 170 Å². The van der Waals surface area contributed by atoms with Crippen LogP contribution < -0.4 is 11.1 Å².